The van der Waals surface area contributed by atoms with Crippen LogP contribution in [-0.2, 0) is 9.47 Å². The van der Waals surface area contributed by atoms with Gasteiger partial charge < -0.3 is 9.47 Å². The van der Waals surface area contributed by atoms with E-state index >= 15 is 0 Å². The number of ether oxygens (including phenoxy) is 2. The van der Waals surface area contributed by atoms with Gasteiger partial charge in [0.2, 0.25) is 0 Å². The molecule has 4 nitrogen and oxygen atoms in total. The third-order valence-corrected chi connectivity index (χ3v) is 1.73. The molecule has 70 valence electrons. The summed E-state index contributed by atoms with van der Waals surface area (Å²) in [5.41, 5.74) is -0.402. The SMILES string of the molecule is CCOC(=O)NC1(OCC)CC1. The van der Waals surface area contributed by atoms with Crippen LogP contribution in [0.15, 0.2) is 0 Å². The monoisotopic (exact) mass is 173 g/mol. The molecule has 0 saturated heterocycles. The number of amides is 1. The summed E-state index contributed by atoms with van der Waals surface area (Å²) in [5.74, 6) is 0. The molecule has 0 atom stereocenters. The van der Waals surface area contributed by atoms with E-state index in [1.807, 2.05) is 6.92 Å². The van der Waals surface area contributed by atoms with Gasteiger partial charge >= 0.3 is 6.09 Å². The van der Waals surface area contributed by atoms with Crippen molar-refractivity contribution in [2.24, 2.45) is 0 Å². The minimum Gasteiger partial charge on any atom is -0.450 e. The maximum atomic E-state index is 11.0. The van der Waals surface area contributed by atoms with Crippen molar-refractivity contribution < 1.29 is 14.3 Å². The zero-order valence-corrected chi connectivity index (χ0v) is 7.55. The first-order valence-corrected chi connectivity index (χ1v) is 4.31. The van der Waals surface area contributed by atoms with Crippen LogP contribution in [0.4, 0.5) is 4.79 Å². The Morgan fingerprint density at radius 3 is 2.50 bits per heavy atom. The summed E-state index contributed by atoms with van der Waals surface area (Å²) >= 11 is 0. The van der Waals surface area contributed by atoms with Gasteiger partial charge in [-0.2, -0.15) is 0 Å². The van der Waals surface area contributed by atoms with Crippen molar-refractivity contribution in [1.29, 1.82) is 0 Å². The molecule has 1 fully saturated rings. The largest absolute Gasteiger partial charge is 0.450 e. The molecule has 0 aromatic rings. The van der Waals surface area contributed by atoms with Crippen molar-refractivity contribution in [2.45, 2.75) is 32.4 Å². The minimum atomic E-state index is -0.402. The summed E-state index contributed by atoms with van der Waals surface area (Å²) in [6.07, 6.45) is 1.39. The van der Waals surface area contributed by atoms with Crippen LogP contribution in [0.25, 0.3) is 0 Å². The van der Waals surface area contributed by atoms with Crippen LogP contribution in [0, 0.1) is 0 Å². The number of alkyl carbamates (subject to hydrolysis) is 1. The average molecular weight is 173 g/mol. The van der Waals surface area contributed by atoms with Gasteiger partial charge in [-0.25, -0.2) is 4.79 Å². The lowest BCUT2D eigenvalue weighted by Gasteiger charge is -2.16. The molecule has 1 rings (SSSR count). The van der Waals surface area contributed by atoms with Crippen LogP contribution in [0.1, 0.15) is 26.7 Å². The second-order valence-electron chi connectivity index (χ2n) is 2.77. The van der Waals surface area contributed by atoms with Crippen LogP contribution in [0.5, 0.6) is 0 Å². The zero-order valence-electron chi connectivity index (χ0n) is 7.55. The molecular weight excluding hydrogens is 158 g/mol. The third-order valence-electron chi connectivity index (χ3n) is 1.73. The van der Waals surface area contributed by atoms with Gasteiger partial charge in [0.05, 0.1) is 6.61 Å². The summed E-state index contributed by atoms with van der Waals surface area (Å²) in [5, 5.41) is 2.69. The van der Waals surface area contributed by atoms with Crippen LogP contribution in [-0.4, -0.2) is 25.0 Å². The Kier molecular flexibility index (Phi) is 2.92. The van der Waals surface area contributed by atoms with Gasteiger partial charge in [-0.05, 0) is 26.7 Å². The van der Waals surface area contributed by atoms with Crippen molar-refractivity contribution in [3.05, 3.63) is 0 Å². The second kappa shape index (κ2) is 3.76. The van der Waals surface area contributed by atoms with Crippen molar-refractivity contribution >= 4 is 6.09 Å². The molecule has 0 aliphatic heterocycles. The molecule has 0 spiro atoms. The molecule has 0 aromatic carbocycles. The third kappa shape index (κ3) is 2.37. The molecule has 1 N–H and O–H groups in total. The number of nitrogens with one attached hydrogen (secondary N) is 1. The van der Waals surface area contributed by atoms with Crippen LogP contribution < -0.4 is 5.32 Å². The van der Waals surface area contributed by atoms with Crippen LogP contribution >= 0.6 is 0 Å². The molecule has 1 aliphatic carbocycles. The zero-order chi connectivity index (χ0) is 9.03. The van der Waals surface area contributed by atoms with Crippen molar-refractivity contribution in [2.75, 3.05) is 13.2 Å². The predicted molar refractivity (Wildman–Crippen MR) is 43.7 cm³/mol. The first-order valence-electron chi connectivity index (χ1n) is 4.31. The van der Waals surface area contributed by atoms with Gasteiger partial charge in [-0.3, -0.25) is 5.32 Å². The molecule has 12 heavy (non-hydrogen) atoms. The molecule has 0 heterocycles. The molecular formula is C8H15NO3. The van der Waals surface area contributed by atoms with E-state index in [1.54, 1.807) is 6.92 Å². The molecule has 1 saturated carbocycles. The van der Waals surface area contributed by atoms with Crippen molar-refractivity contribution in [1.82, 2.24) is 5.32 Å². The summed E-state index contributed by atoms with van der Waals surface area (Å²) < 4.78 is 10.1. The molecule has 1 amide bonds. The lowest BCUT2D eigenvalue weighted by Crippen LogP contribution is -2.39. The Morgan fingerprint density at radius 1 is 1.42 bits per heavy atom. The van der Waals surface area contributed by atoms with Crippen molar-refractivity contribution in [3.63, 3.8) is 0 Å². The fourth-order valence-electron chi connectivity index (χ4n) is 1.05. The fourth-order valence-corrected chi connectivity index (χ4v) is 1.05. The predicted octanol–water partition coefficient (Wildman–Crippen LogP) is 1.26. The van der Waals surface area contributed by atoms with E-state index in [-0.39, 0.29) is 6.09 Å². The highest BCUT2D eigenvalue weighted by Crippen LogP contribution is 2.36. The van der Waals surface area contributed by atoms with E-state index in [2.05, 4.69) is 5.32 Å². The van der Waals surface area contributed by atoms with Crippen molar-refractivity contribution in [3.8, 4) is 0 Å². The molecule has 1 aliphatic rings. The molecule has 0 unspecified atom stereocenters. The number of carbonyl (C=O) groups is 1. The first kappa shape index (κ1) is 9.32. The van der Waals surface area contributed by atoms with Gasteiger partial charge in [0.15, 0.2) is 0 Å². The van der Waals surface area contributed by atoms with E-state index in [4.69, 9.17) is 9.47 Å². The highest BCUT2D eigenvalue weighted by molar-refractivity contribution is 5.68. The summed E-state index contributed by atoms with van der Waals surface area (Å²) in [7, 11) is 0. The Morgan fingerprint density at radius 2 is 2.08 bits per heavy atom. The van der Waals surface area contributed by atoms with E-state index in [9.17, 15) is 4.79 Å². The molecule has 0 bridgehead atoms. The Balaban J connectivity index is 2.25. The molecule has 0 aromatic heterocycles. The van der Waals surface area contributed by atoms with E-state index < -0.39 is 5.72 Å². The highest BCUT2D eigenvalue weighted by atomic mass is 16.6. The maximum Gasteiger partial charge on any atom is 0.409 e. The van der Waals surface area contributed by atoms with Gasteiger partial charge in [-0.1, -0.05) is 0 Å². The number of hydrogen-bond donors (Lipinski definition) is 1. The smallest absolute Gasteiger partial charge is 0.409 e. The summed E-state index contributed by atoms with van der Waals surface area (Å²) in [6, 6.07) is 0. The first-order chi connectivity index (χ1) is 5.72. The minimum absolute atomic E-state index is 0.386. The normalized spacial score (nSPS) is 18.5. The lowest BCUT2D eigenvalue weighted by atomic mass is 10.6. The van der Waals surface area contributed by atoms with Gasteiger partial charge in [-0.15, -0.1) is 0 Å². The van der Waals surface area contributed by atoms with E-state index in [1.165, 1.54) is 0 Å². The fraction of sp³-hybridized carbons (Fsp3) is 0.875. The van der Waals surface area contributed by atoms with Gasteiger partial charge in [0.1, 0.15) is 5.72 Å². The standard InChI is InChI=1S/C8H15NO3/c1-3-11-7(10)9-8(5-6-8)12-4-2/h3-6H2,1-2H3,(H,9,10). The molecule has 4 heteroatoms. The van der Waals surface area contributed by atoms with E-state index in [0.29, 0.717) is 13.2 Å². The lowest BCUT2D eigenvalue weighted by molar-refractivity contribution is 0.0145. The average Bonchev–Trinajstić information content (AvgIpc) is 2.70. The Bertz CT molecular complexity index is 166. The maximum absolute atomic E-state index is 11.0. The second-order valence-corrected chi connectivity index (χ2v) is 2.77. The number of hydrogen-bond acceptors (Lipinski definition) is 3. The highest BCUT2D eigenvalue weighted by Gasteiger charge is 2.45. The van der Waals surface area contributed by atoms with Crippen LogP contribution in [0.3, 0.4) is 0 Å². The summed E-state index contributed by atoms with van der Waals surface area (Å²) in [6.45, 7) is 4.70. The Hall–Kier alpha value is -0.770. The van der Waals surface area contributed by atoms with Gasteiger partial charge in [0.25, 0.3) is 0 Å². The number of rotatable bonds is 4. The van der Waals surface area contributed by atoms with Gasteiger partial charge in [0, 0.05) is 6.61 Å². The van der Waals surface area contributed by atoms with Crippen LogP contribution in [0.2, 0.25) is 0 Å². The summed E-state index contributed by atoms with van der Waals surface area (Å²) in [4.78, 5) is 11.0. The number of carbonyl (C=O) groups excluding carboxylic acids is 1. The topological polar surface area (TPSA) is 47.6 Å². The Labute approximate surface area is 72.2 Å². The molecule has 0 radical (unpaired) electrons. The van der Waals surface area contributed by atoms with E-state index in [0.717, 1.165) is 12.8 Å². The quantitative estimate of drug-likeness (QED) is 0.651.